The van der Waals surface area contributed by atoms with Crippen LogP contribution < -0.4 is 0 Å². The van der Waals surface area contributed by atoms with E-state index in [1.807, 2.05) is 22.7 Å². The lowest BCUT2D eigenvalue weighted by Gasteiger charge is -2.19. The Kier molecular flexibility index (Phi) is 6.48. The zero-order chi connectivity index (χ0) is 35.3. The van der Waals surface area contributed by atoms with E-state index < -0.39 is 0 Å². The molecule has 10 aromatic carbocycles. The summed E-state index contributed by atoms with van der Waals surface area (Å²) in [6.07, 6.45) is 0. The van der Waals surface area contributed by atoms with Crippen molar-refractivity contribution in [3.8, 4) is 33.4 Å². The molecule has 0 nitrogen and oxygen atoms in total. The SMILES string of the molecule is c1cc(-c2c3ccccc3c(-c3ccc4ccccc4c3)c3ccccc23)cc(-c2cc3c4ccccc4sc3c3cc4sc5ccccc5c4cc23)c1. The predicted octanol–water partition coefficient (Wildman–Crippen LogP) is 16.0. The third kappa shape index (κ3) is 4.42. The molecule has 250 valence electrons. The van der Waals surface area contributed by atoms with Gasteiger partial charge in [0.1, 0.15) is 0 Å². The fraction of sp³-hybridized carbons (Fsp3) is 0. The Hall–Kier alpha value is -6.32. The van der Waals surface area contributed by atoms with Gasteiger partial charge in [0.05, 0.1) is 0 Å². The Labute approximate surface area is 319 Å². The van der Waals surface area contributed by atoms with Crippen molar-refractivity contribution in [1.29, 1.82) is 0 Å². The van der Waals surface area contributed by atoms with E-state index in [9.17, 15) is 0 Å². The minimum absolute atomic E-state index is 1.23. The van der Waals surface area contributed by atoms with Crippen LogP contribution in [0.5, 0.6) is 0 Å². The largest absolute Gasteiger partial charge is 0.135 e. The molecule has 0 aliphatic heterocycles. The number of rotatable bonds is 3. The van der Waals surface area contributed by atoms with Gasteiger partial charge in [-0.05, 0) is 114 Å². The summed E-state index contributed by atoms with van der Waals surface area (Å²) in [6.45, 7) is 0. The monoisotopic (exact) mass is 718 g/mol. The number of fused-ring (bicyclic) bond motifs is 11. The summed E-state index contributed by atoms with van der Waals surface area (Å²) >= 11 is 3.82. The first kappa shape index (κ1) is 30.2. The maximum atomic E-state index is 2.47. The lowest BCUT2D eigenvalue weighted by Crippen LogP contribution is -1.91. The lowest BCUT2D eigenvalue weighted by molar-refractivity contribution is 1.65. The van der Waals surface area contributed by atoms with Gasteiger partial charge in [-0.1, -0.05) is 140 Å². The van der Waals surface area contributed by atoms with Gasteiger partial charge in [-0.25, -0.2) is 0 Å². The highest BCUT2D eigenvalue weighted by Crippen LogP contribution is 2.48. The van der Waals surface area contributed by atoms with Gasteiger partial charge in [0.25, 0.3) is 0 Å². The van der Waals surface area contributed by atoms with Gasteiger partial charge < -0.3 is 0 Å². The molecule has 0 N–H and O–H groups in total. The first-order valence-corrected chi connectivity index (χ1v) is 20.1. The Balaban J connectivity index is 1.14. The molecule has 54 heavy (non-hydrogen) atoms. The molecule has 0 fully saturated rings. The molecule has 2 heteroatoms. The van der Waals surface area contributed by atoms with Crippen molar-refractivity contribution < 1.29 is 0 Å². The van der Waals surface area contributed by atoms with Crippen LogP contribution in [0.4, 0.5) is 0 Å². The first-order chi connectivity index (χ1) is 26.8. The average molecular weight is 719 g/mol. The zero-order valence-corrected chi connectivity index (χ0v) is 30.8. The molecule has 2 heterocycles. The molecule has 0 atom stereocenters. The molecule has 12 aromatic rings. The summed E-state index contributed by atoms with van der Waals surface area (Å²) in [6, 6.07) is 68.0. The third-order valence-corrected chi connectivity index (χ3v) is 13.8. The van der Waals surface area contributed by atoms with Crippen LogP contribution in [0.2, 0.25) is 0 Å². The fourth-order valence-electron chi connectivity index (χ4n) is 8.99. The topological polar surface area (TPSA) is 0 Å². The number of hydrogen-bond acceptors (Lipinski definition) is 2. The molecule has 0 aliphatic rings. The van der Waals surface area contributed by atoms with Crippen molar-refractivity contribution >= 4 is 106 Å². The Morgan fingerprint density at radius 2 is 0.796 bits per heavy atom. The van der Waals surface area contributed by atoms with Crippen LogP contribution >= 0.6 is 22.7 Å². The van der Waals surface area contributed by atoms with Crippen LogP contribution in [0.25, 0.3) is 117 Å². The smallest absolute Gasteiger partial charge is 0.0434 e. The van der Waals surface area contributed by atoms with Crippen molar-refractivity contribution in [3.05, 3.63) is 182 Å². The maximum absolute atomic E-state index is 2.47. The number of benzene rings is 10. The van der Waals surface area contributed by atoms with Crippen LogP contribution in [0.1, 0.15) is 0 Å². The summed E-state index contributed by atoms with van der Waals surface area (Å²) in [5.41, 5.74) is 7.57. The van der Waals surface area contributed by atoms with Gasteiger partial charge in [0, 0.05) is 45.7 Å². The van der Waals surface area contributed by atoms with Gasteiger partial charge in [0.2, 0.25) is 0 Å². The minimum Gasteiger partial charge on any atom is -0.135 e. The van der Waals surface area contributed by atoms with E-state index in [2.05, 4.69) is 182 Å². The molecule has 0 amide bonds. The summed E-state index contributed by atoms with van der Waals surface area (Å²) in [5.74, 6) is 0. The van der Waals surface area contributed by atoms with Crippen LogP contribution in [0, 0.1) is 0 Å². The molecule has 0 saturated heterocycles. The second kappa shape index (κ2) is 11.6. The average Bonchev–Trinajstić information content (AvgIpc) is 3.79. The van der Waals surface area contributed by atoms with Crippen molar-refractivity contribution in [1.82, 2.24) is 0 Å². The van der Waals surface area contributed by atoms with Crippen LogP contribution in [-0.2, 0) is 0 Å². The Morgan fingerprint density at radius 3 is 1.50 bits per heavy atom. The highest BCUT2D eigenvalue weighted by atomic mass is 32.1. The van der Waals surface area contributed by atoms with E-state index >= 15 is 0 Å². The van der Waals surface area contributed by atoms with E-state index in [1.54, 1.807) is 0 Å². The van der Waals surface area contributed by atoms with E-state index in [0.717, 1.165) is 0 Å². The zero-order valence-electron chi connectivity index (χ0n) is 29.1. The third-order valence-electron chi connectivity index (χ3n) is 11.4. The standard InChI is InChI=1S/C52H30S2/c1-2-13-32-26-35(25-24-31(32)12-1)51-40-20-5-3-18-38(40)50(39-19-4-6-21-41(39)51)34-15-11-14-33(27-34)42-28-45-37-17-8-10-23-48(37)54-52(45)46-30-49-44(29-43(42)46)36-16-7-9-22-47(36)53-49/h1-30H. The van der Waals surface area contributed by atoms with Gasteiger partial charge >= 0.3 is 0 Å². The Bertz CT molecular complexity index is 3450. The van der Waals surface area contributed by atoms with E-state index in [1.165, 1.54) is 117 Å². The molecule has 0 bridgehead atoms. The molecule has 0 aliphatic carbocycles. The normalized spacial score (nSPS) is 12.1. The minimum atomic E-state index is 1.23. The van der Waals surface area contributed by atoms with Crippen molar-refractivity contribution in [2.24, 2.45) is 0 Å². The van der Waals surface area contributed by atoms with E-state index in [0.29, 0.717) is 0 Å². The Morgan fingerprint density at radius 1 is 0.259 bits per heavy atom. The summed E-state index contributed by atoms with van der Waals surface area (Å²) in [4.78, 5) is 0. The summed E-state index contributed by atoms with van der Waals surface area (Å²) in [7, 11) is 0. The quantitative estimate of drug-likeness (QED) is 0.160. The second-order valence-electron chi connectivity index (χ2n) is 14.4. The lowest BCUT2D eigenvalue weighted by atomic mass is 9.85. The first-order valence-electron chi connectivity index (χ1n) is 18.5. The van der Waals surface area contributed by atoms with Crippen molar-refractivity contribution in [2.45, 2.75) is 0 Å². The number of hydrogen-bond donors (Lipinski definition) is 0. The predicted molar refractivity (Wildman–Crippen MR) is 239 cm³/mol. The van der Waals surface area contributed by atoms with Crippen LogP contribution in [0.15, 0.2) is 182 Å². The van der Waals surface area contributed by atoms with E-state index in [-0.39, 0.29) is 0 Å². The van der Waals surface area contributed by atoms with Gasteiger partial charge in [-0.15, -0.1) is 22.7 Å². The van der Waals surface area contributed by atoms with Crippen molar-refractivity contribution in [2.75, 3.05) is 0 Å². The van der Waals surface area contributed by atoms with Gasteiger partial charge in [-0.3, -0.25) is 0 Å². The van der Waals surface area contributed by atoms with Gasteiger partial charge in [-0.2, -0.15) is 0 Å². The molecule has 0 saturated carbocycles. The number of thiophene rings is 2. The maximum Gasteiger partial charge on any atom is 0.0434 e. The fourth-order valence-corrected chi connectivity index (χ4v) is 11.3. The molecule has 2 aromatic heterocycles. The molecular weight excluding hydrogens is 689 g/mol. The summed E-state index contributed by atoms with van der Waals surface area (Å²) in [5, 5.41) is 15.6. The molecule has 0 radical (unpaired) electrons. The molecule has 12 rings (SSSR count). The highest BCUT2D eigenvalue weighted by molar-refractivity contribution is 7.27. The van der Waals surface area contributed by atoms with E-state index in [4.69, 9.17) is 0 Å². The summed E-state index contributed by atoms with van der Waals surface area (Å²) < 4.78 is 5.38. The molecule has 0 unspecified atom stereocenters. The molecule has 0 spiro atoms. The van der Waals surface area contributed by atoms with Gasteiger partial charge in [0.15, 0.2) is 0 Å². The highest BCUT2D eigenvalue weighted by Gasteiger charge is 2.19. The second-order valence-corrected chi connectivity index (χ2v) is 16.5. The molecular formula is C52H30S2. The van der Waals surface area contributed by atoms with Crippen LogP contribution in [-0.4, -0.2) is 0 Å². The van der Waals surface area contributed by atoms with Crippen LogP contribution in [0.3, 0.4) is 0 Å². The van der Waals surface area contributed by atoms with Crippen molar-refractivity contribution in [3.63, 3.8) is 0 Å².